The molecule has 0 amide bonds. The molecule has 0 aliphatic heterocycles. The normalized spacial score (nSPS) is 9.31. The Labute approximate surface area is 102 Å². The Bertz CT molecular complexity index is 403. The molecule has 2 aromatic carbocycles. The second-order valence-corrected chi connectivity index (χ2v) is 3.52. The smallest absolute Gasteiger partial charge is 0.0929 e. The van der Waals surface area contributed by atoms with Crippen LogP contribution in [0.3, 0.4) is 0 Å². The minimum Gasteiger partial charge on any atom is -1.00 e. The quantitative estimate of drug-likeness (QED) is 0.669. The van der Waals surface area contributed by atoms with Crippen LogP contribution in [0.1, 0.15) is 5.56 Å². The zero-order chi connectivity index (χ0) is 10.5. The first-order valence-electron chi connectivity index (χ1n) is 5.03. The lowest BCUT2D eigenvalue weighted by molar-refractivity contribution is -0.388. The first-order valence-corrected chi connectivity index (χ1v) is 5.03. The standard InChI is InChI=1S/C13H14N2.ClH/c14-15(13-9-5-2-6-10-13)11-12-7-3-1-4-8-12;/h1-10H,11,14H2;1H. The third-order valence-electron chi connectivity index (χ3n) is 2.34. The molecule has 0 radical (unpaired) electrons. The van der Waals surface area contributed by atoms with Crippen LogP contribution in [0.15, 0.2) is 60.7 Å². The van der Waals surface area contributed by atoms with Crippen molar-refractivity contribution < 1.29 is 18.2 Å². The highest BCUT2D eigenvalue weighted by Gasteiger charge is 2.03. The summed E-state index contributed by atoms with van der Waals surface area (Å²) >= 11 is 0. The van der Waals surface area contributed by atoms with Crippen molar-refractivity contribution in [1.29, 1.82) is 0 Å². The zero-order valence-corrected chi connectivity index (χ0v) is 9.77. The van der Waals surface area contributed by atoms with E-state index in [4.69, 9.17) is 0 Å². The summed E-state index contributed by atoms with van der Waals surface area (Å²) in [7, 11) is 0. The summed E-state index contributed by atoms with van der Waals surface area (Å²) in [5.74, 6) is 4.04. The van der Waals surface area contributed by atoms with Gasteiger partial charge in [0.15, 0.2) is 0 Å². The number of anilines is 1. The predicted molar refractivity (Wildman–Crippen MR) is 62.0 cm³/mol. The minimum absolute atomic E-state index is 0. The van der Waals surface area contributed by atoms with Crippen molar-refractivity contribution in [3.8, 4) is 0 Å². The highest BCUT2D eigenvalue weighted by molar-refractivity contribution is 5.43. The largest absolute Gasteiger partial charge is 1.00 e. The molecule has 3 N–H and O–H groups in total. The van der Waals surface area contributed by atoms with E-state index < -0.39 is 0 Å². The van der Waals surface area contributed by atoms with Gasteiger partial charge in [-0.15, -0.1) is 0 Å². The van der Waals surface area contributed by atoms with E-state index in [9.17, 15) is 0 Å². The van der Waals surface area contributed by atoms with Gasteiger partial charge in [0.05, 0.1) is 12.2 Å². The van der Waals surface area contributed by atoms with Gasteiger partial charge in [-0.05, 0) is 17.7 Å². The van der Waals surface area contributed by atoms with Gasteiger partial charge < -0.3 is 12.4 Å². The maximum absolute atomic E-state index is 4.04. The van der Waals surface area contributed by atoms with Gasteiger partial charge in [-0.3, -0.25) is 5.84 Å². The van der Waals surface area contributed by atoms with Gasteiger partial charge in [-0.25, -0.2) is 5.01 Å². The monoisotopic (exact) mass is 234 g/mol. The molecule has 0 aromatic heterocycles. The molecule has 0 heterocycles. The fourth-order valence-corrected chi connectivity index (χ4v) is 1.53. The van der Waals surface area contributed by atoms with Crippen LogP contribution in [-0.2, 0) is 6.54 Å². The van der Waals surface area contributed by atoms with Crippen molar-refractivity contribution >= 4 is 5.69 Å². The van der Waals surface area contributed by atoms with Gasteiger partial charge in [-0.1, -0.05) is 48.5 Å². The Morgan fingerprint density at radius 1 is 0.812 bits per heavy atom. The molecule has 2 rings (SSSR count). The minimum atomic E-state index is 0. The highest BCUT2D eigenvalue weighted by atomic mass is 35.5. The number of quaternary nitrogens is 1. The van der Waals surface area contributed by atoms with Crippen LogP contribution in [0, 0.1) is 0 Å². The van der Waals surface area contributed by atoms with Crippen LogP contribution in [0.2, 0.25) is 0 Å². The van der Waals surface area contributed by atoms with Gasteiger partial charge in [0.1, 0.15) is 0 Å². The molecule has 3 heteroatoms. The van der Waals surface area contributed by atoms with E-state index >= 15 is 0 Å². The van der Waals surface area contributed by atoms with Crippen molar-refractivity contribution in [2.75, 3.05) is 5.01 Å². The van der Waals surface area contributed by atoms with E-state index in [0.717, 1.165) is 12.2 Å². The van der Waals surface area contributed by atoms with Gasteiger partial charge in [-0.2, -0.15) is 0 Å². The van der Waals surface area contributed by atoms with Crippen molar-refractivity contribution in [3.05, 3.63) is 66.2 Å². The molecule has 2 aromatic rings. The number of hydrogen-bond donors (Lipinski definition) is 1. The van der Waals surface area contributed by atoms with E-state index in [1.54, 1.807) is 0 Å². The lowest BCUT2D eigenvalue weighted by atomic mass is 10.2. The third kappa shape index (κ3) is 3.26. The van der Waals surface area contributed by atoms with Crippen LogP contribution in [0.5, 0.6) is 0 Å². The number of nitrogens with zero attached hydrogens (tertiary/aromatic N) is 1. The van der Waals surface area contributed by atoms with E-state index in [-0.39, 0.29) is 12.4 Å². The molecule has 0 saturated carbocycles. The number of benzene rings is 2. The predicted octanol–water partition coefficient (Wildman–Crippen LogP) is -1.15. The molecule has 2 nitrogen and oxygen atoms in total. The molecule has 16 heavy (non-hydrogen) atoms. The molecule has 0 spiro atoms. The van der Waals surface area contributed by atoms with Gasteiger partial charge >= 0.3 is 0 Å². The number of hydrogen-bond acceptors (Lipinski definition) is 1. The number of rotatable bonds is 3. The summed E-state index contributed by atoms with van der Waals surface area (Å²) in [5, 5.41) is 2.00. The lowest BCUT2D eigenvalue weighted by Gasteiger charge is -2.14. The molecule has 0 bridgehead atoms. The first kappa shape index (κ1) is 12.6. The average Bonchev–Trinajstić information content (AvgIpc) is 2.31. The fourth-order valence-electron chi connectivity index (χ4n) is 1.53. The lowest BCUT2D eigenvalue weighted by Crippen LogP contribution is -3.00. The second-order valence-electron chi connectivity index (χ2n) is 3.52. The Kier molecular flexibility index (Phi) is 4.83. The van der Waals surface area contributed by atoms with Crippen LogP contribution in [-0.4, -0.2) is 0 Å². The number of para-hydroxylation sites is 1. The van der Waals surface area contributed by atoms with Crippen LogP contribution in [0.25, 0.3) is 0 Å². The molecular weight excluding hydrogens is 220 g/mol. The molecule has 0 saturated heterocycles. The average molecular weight is 235 g/mol. The summed E-state index contributed by atoms with van der Waals surface area (Å²) in [5.41, 5.74) is 2.41. The number of halogens is 1. The molecule has 84 valence electrons. The van der Waals surface area contributed by atoms with E-state index in [1.165, 1.54) is 5.56 Å². The summed E-state index contributed by atoms with van der Waals surface area (Å²) in [4.78, 5) is 0. The maximum Gasteiger partial charge on any atom is 0.0929 e. The molecule has 0 fully saturated rings. The molecular formula is C13H15ClN2. The summed E-state index contributed by atoms with van der Waals surface area (Å²) in [6, 6.07) is 20.5. The molecule has 0 atom stereocenters. The Hall–Kier alpha value is -1.51. The van der Waals surface area contributed by atoms with Crippen molar-refractivity contribution in [3.63, 3.8) is 0 Å². The van der Waals surface area contributed by atoms with Crippen molar-refractivity contribution in [2.24, 2.45) is 0 Å². The van der Waals surface area contributed by atoms with Crippen LogP contribution >= 0.6 is 0 Å². The zero-order valence-electron chi connectivity index (χ0n) is 9.01. The van der Waals surface area contributed by atoms with Crippen LogP contribution < -0.4 is 23.3 Å². The molecule has 0 aliphatic carbocycles. The van der Waals surface area contributed by atoms with Crippen molar-refractivity contribution in [2.45, 2.75) is 6.54 Å². The van der Waals surface area contributed by atoms with Gasteiger partial charge in [0.25, 0.3) is 0 Å². The third-order valence-corrected chi connectivity index (χ3v) is 2.34. The second kappa shape index (κ2) is 6.16. The summed E-state index contributed by atoms with van der Waals surface area (Å²) in [6.45, 7) is 0.838. The van der Waals surface area contributed by atoms with Crippen molar-refractivity contribution in [1.82, 2.24) is 0 Å². The fraction of sp³-hybridized carbons (Fsp3) is 0.0769. The first-order chi connectivity index (χ1) is 7.36. The SMILES string of the molecule is [Cl-].[NH3+]N(Cc1ccccc1)c1ccccc1. The van der Waals surface area contributed by atoms with E-state index in [1.807, 2.05) is 41.4 Å². The Balaban J connectivity index is 0.00000128. The highest BCUT2D eigenvalue weighted by Crippen LogP contribution is 2.11. The van der Waals surface area contributed by atoms with Gasteiger partial charge in [0.2, 0.25) is 0 Å². The van der Waals surface area contributed by atoms with Crippen LogP contribution in [0.4, 0.5) is 5.69 Å². The van der Waals surface area contributed by atoms with E-state index in [0.29, 0.717) is 0 Å². The molecule has 0 unspecified atom stereocenters. The van der Waals surface area contributed by atoms with E-state index in [2.05, 4.69) is 30.1 Å². The summed E-state index contributed by atoms with van der Waals surface area (Å²) < 4.78 is 0. The Morgan fingerprint density at radius 2 is 1.31 bits per heavy atom. The Morgan fingerprint density at radius 3 is 1.88 bits per heavy atom. The topological polar surface area (TPSA) is 30.9 Å². The maximum atomic E-state index is 4.04. The molecule has 0 aliphatic rings. The van der Waals surface area contributed by atoms with Gasteiger partial charge in [0, 0.05) is 0 Å². The summed E-state index contributed by atoms with van der Waals surface area (Å²) in [6.07, 6.45) is 0.